The molecule has 7 heteroatoms. The van der Waals surface area contributed by atoms with Crippen LogP contribution in [-0.2, 0) is 11.2 Å². The maximum atomic E-state index is 13.0. The average molecular weight is 349 g/mol. The van der Waals surface area contributed by atoms with Crippen molar-refractivity contribution in [3.63, 3.8) is 0 Å². The highest BCUT2D eigenvalue weighted by Crippen LogP contribution is 2.24. The molecule has 128 valence electrons. The molecule has 2 aromatic rings. The lowest BCUT2D eigenvalue weighted by atomic mass is 9.92. The zero-order valence-electron chi connectivity index (χ0n) is 13.2. The molecule has 3 heterocycles. The van der Waals surface area contributed by atoms with Crippen molar-refractivity contribution in [2.24, 2.45) is 0 Å². The molecular formula is C17H20FN3O2S. The summed E-state index contributed by atoms with van der Waals surface area (Å²) >= 11 is 1.54. The number of halogens is 1. The van der Waals surface area contributed by atoms with Crippen molar-refractivity contribution < 1.29 is 14.3 Å². The normalized spacial score (nSPS) is 20.8. The largest absolute Gasteiger partial charge is 0.386 e. The van der Waals surface area contributed by atoms with Crippen molar-refractivity contribution in [2.45, 2.75) is 24.9 Å². The summed E-state index contributed by atoms with van der Waals surface area (Å²) in [5.74, 6) is 0.161. The summed E-state index contributed by atoms with van der Waals surface area (Å²) in [6.07, 6.45) is 2.91. The number of aromatic nitrogens is 1. The Kier molecular flexibility index (Phi) is 5.11. The van der Waals surface area contributed by atoms with Crippen molar-refractivity contribution in [3.05, 3.63) is 46.5 Å². The number of hydrogen-bond donors (Lipinski definition) is 2. The Bertz CT molecular complexity index is 678. The lowest BCUT2D eigenvalue weighted by Gasteiger charge is -2.39. The topological polar surface area (TPSA) is 65.5 Å². The average Bonchev–Trinajstić information content (AvgIpc) is 3.07. The fourth-order valence-electron chi connectivity index (χ4n) is 2.90. The SMILES string of the molecule is O=C(Cc1cccs1)NC[C@]1(O)CCCN(c2ccc(F)cn2)C1. The van der Waals surface area contributed by atoms with Crippen LogP contribution in [0.3, 0.4) is 0 Å². The zero-order valence-corrected chi connectivity index (χ0v) is 14.1. The maximum Gasteiger partial charge on any atom is 0.225 e. The second-order valence-corrected chi connectivity index (χ2v) is 7.15. The number of piperidine rings is 1. The molecule has 1 fully saturated rings. The Morgan fingerprint density at radius 1 is 1.46 bits per heavy atom. The van der Waals surface area contributed by atoms with Gasteiger partial charge in [0.15, 0.2) is 0 Å². The van der Waals surface area contributed by atoms with Gasteiger partial charge < -0.3 is 15.3 Å². The summed E-state index contributed by atoms with van der Waals surface area (Å²) in [5, 5.41) is 15.5. The lowest BCUT2D eigenvalue weighted by molar-refractivity contribution is -0.121. The second-order valence-electron chi connectivity index (χ2n) is 6.12. The predicted octanol–water partition coefficient (Wildman–Crippen LogP) is 1.97. The standard InChI is InChI=1S/C17H20FN3O2S/c18-13-4-5-15(19-10-13)21-7-2-6-17(23,12-21)11-20-16(22)9-14-3-1-8-24-14/h1,3-5,8,10,23H,2,6-7,9,11-12H2,(H,20,22)/t17-/m1/s1. The molecular weight excluding hydrogens is 329 g/mol. The Balaban J connectivity index is 1.56. The maximum absolute atomic E-state index is 13.0. The van der Waals surface area contributed by atoms with Crippen LogP contribution < -0.4 is 10.2 Å². The van der Waals surface area contributed by atoms with E-state index in [1.807, 2.05) is 22.4 Å². The van der Waals surface area contributed by atoms with Gasteiger partial charge in [0, 0.05) is 24.5 Å². The first kappa shape index (κ1) is 16.9. The molecule has 0 spiro atoms. The van der Waals surface area contributed by atoms with Crippen LogP contribution in [-0.4, -0.2) is 41.2 Å². The molecule has 0 aromatic carbocycles. The highest BCUT2D eigenvalue weighted by Gasteiger charge is 2.34. The molecule has 1 amide bonds. The summed E-state index contributed by atoms with van der Waals surface area (Å²) < 4.78 is 13.0. The number of aliphatic hydroxyl groups is 1. The van der Waals surface area contributed by atoms with Gasteiger partial charge in [0.2, 0.25) is 5.91 Å². The molecule has 0 unspecified atom stereocenters. The molecule has 3 rings (SSSR count). The number of anilines is 1. The van der Waals surface area contributed by atoms with E-state index in [0.717, 1.165) is 17.8 Å². The van der Waals surface area contributed by atoms with Gasteiger partial charge in [-0.25, -0.2) is 9.37 Å². The van der Waals surface area contributed by atoms with E-state index in [1.165, 1.54) is 12.3 Å². The number of thiophene rings is 1. The van der Waals surface area contributed by atoms with E-state index >= 15 is 0 Å². The molecule has 5 nitrogen and oxygen atoms in total. The molecule has 2 N–H and O–H groups in total. The number of rotatable bonds is 5. The number of carbonyl (C=O) groups is 1. The van der Waals surface area contributed by atoms with Gasteiger partial charge in [0.25, 0.3) is 0 Å². The van der Waals surface area contributed by atoms with Gasteiger partial charge in [-0.15, -0.1) is 11.3 Å². The fraction of sp³-hybridized carbons (Fsp3) is 0.412. The molecule has 2 aromatic heterocycles. The van der Waals surface area contributed by atoms with Crippen molar-refractivity contribution >= 4 is 23.1 Å². The monoisotopic (exact) mass is 349 g/mol. The van der Waals surface area contributed by atoms with E-state index < -0.39 is 5.60 Å². The Hall–Kier alpha value is -1.99. The summed E-state index contributed by atoms with van der Waals surface area (Å²) in [6.45, 7) is 1.32. The van der Waals surface area contributed by atoms with Gasteiger partial charge in [-0.3, -0.25) is 4.79 Å². The highest BCUT2D eigenvalue weighted by atomic mass is 32.1. The van der Waals surface area contributed by atoms with E-state index in [-0.39, 0.29) is 18.3 Å². The minimum absolute atomic E-state index is 0.0945. The first-order valence-electron chi connectivity index (χ1n) is 7.92. The number of hydrogen-bond acceptors (Lipinski definition) is 5. The van der Waals surface area contributed by atoms with Crippen LogP contribution in [0.2, 0.25) is 0 Å². The number of β-amino-alcohol motifs (C(OH)–C–C–N with tert-alkyl or cyclic N) is 1. The van der Waals surface area contributed by atoms with E-state index in [2.05, 4.69) is 10.3 Å². The van der Waals surface area contributed by atoms with E-state index in [9.17, 15) is 14.3 Å². The summed E-state index contributed by atoms with van der Waals surface area (Å²) in [6, 6.07) is 6.80. The van der Waals surface area contributed by atoms with Crippen molar-refractivity contribution in [3.8, 4) is 0 Å². The Morgan fingerprint density at radius 2 is 2.33 bits per heavy atom. The zero-order chi connectivity index (χ0) is 17.0. The first-order valence-corrected chi connectivity index (χ1v) is 8.80. The Morgan fingerprint density at radius 3 is 3.04 bits per heavy atom. The molecule has 1 atom stereocenters. The molecule has 1 aliphatic heterocycles. The number of carbonyl (C=O) groups excluding carboxylic acids is 1. The van der Waals surface area contributed by atoms with Gasteiger partial charge in [0.05, 0.1) is 18.2 Å². The van der Waals surface area contributed by atoms with Crippen molar-refractivity contribution in [1.82, 2.24) is 10.3 Å². The number of amides is 1. The lowest BCUT2D eigenvalue weighted by Crippen LogP contribution is -2.54. The van der Waals surface area contributed by atoms with Gasteiger partial charge >= 0.3 is 0 Å². The molecule has 1 aliphatic rings. The smallest absolute Gasteiger partial charge is 0.225 e. The van der Waals surface area contributed by atoms with Gasteiger partial charge in [-0.1, -0.05) is 6.07 Å². The molecule has 24 heavy (non-hydrogen) atoms. The van der Waals surface area contributed by atoms with Crippen molar-refractivity contribution in [2.75, 3.05) is 24.5 Å². The number of nitrogens with one attached hydrogen (secondary N) is 1. The van der Waals surface area contributed by atoms with Crippen LogP contribution >= 0.6 is 11.3 Å². The van der Waals surface area contributed by atoms with Gasteiger partial charge in [-0.05, 0) is 36.4 Å². The van der Waals surface area contributed by atoms with Crippen LogP contribution in [0, 0.1) is 5.82 Å². The summed E-state index contributed by atoms with van der Waals surface area (Å²) in [5.41, 5.74) is -1.00. The van der Waals surface area contributed by atoms with Crippen molar-refractivity contribution in [1.29, 1.82) is 0 Å². The first-order chi connectivity index (χ1) is 11.5. The fourth-order valence-corrected chi connectivity index (χ4v) is 3.61. The van der Waals surface area contributed by atoms with Gasteiger partial charge in [-0.2, -0.15) is 0 Å². The number of nitrogens with zero attached hydrogens (tertiary/aromatic N) is 2. The summed E-state index contributed by atoms with van der Waals surface area (Å²) in [7, 11) is 0. The van der Waals surface area contributed by atoms with Crippen LogP contribution in [0.1, 0.15) is 17.7 Å². The van der Waals surface area contributed by atoms with Crippen LogP contribution in [0.4, 0.5) is 10.2 Å². The third-order valence-electron chi connectivity index (χ3n) is 4.12. The quantitative estimate of drug-likeness (QED) is 0.866. The molecule has 0 radical (unpaired) electrons. The highest BCUT2D eigenvalue weighted by molar-refractivity contribution is 7.10. The molecule has 0 saturated carbocycles. The minimum atomic E-state index is -1.00. The Labute approximate surface area is 144 Å². The molecule has 1 saturated heterocycles. The molecule has 0 aliphatic carbocycles. The predicted molar refractivity (Wildman–Crippen MR) is 91.6 cm³/mol. The van der Waals surface area contributed by atoms with E-state index in [1.54, 1.807) is 17.4 Å². The minimum Gasteiger partial charge on any atom is -0.386 e. The summed E-state index contributed by atoms with van der Waals surface area (Å²) in [4.78, 5) is 19.0. The third-order valence-corrected chi connectivity index (χ3v) is 5.00. The number of pyridine rings is 1. The van der Waals surface area contributed by atoms with Gasteiger partial charge in [0.1, 0.15) is 11.6 Å². The third kappa shape index (κ3) is 4.30. The van der Waals surface area contributed by atoms with E-state index in [4.69, 9.17) is 0 Å². The van der Waals surface area contributed by atoms with Crippen LogP contribution in [0.5, 0.6) is 0 Å². The second kappa shape index (κ2) is 7.27. The van der Waals surface area contributed by atoms with Crippen LogP contribution in [0.25, 0.3) is 0 Å². The van der Waals surface area contributed by atoms with Crippen LogP contribution in [0.15, 0.2) is 35.8 Å². The molecule has 0 bridgehead atoms. The van der Waals surface area contributed by atoms with E-state index in [0.29, 0.717) is 25.2 Å².